The number of ether oxygens (including phenoxy) is 1. The molecular formula is C20H19N3O2. The van der Waals surface area contributed by atoms with Gasteiger partial charge in [0.05, 0.1) is 12.2 Å². The number of benzene rings is 2. The van der Waals surface area contributed by atoms with Crippen molar-refractivity contribution in [3.8, 4) is 17.0 Å². The molecule has 0 saturated carbocycles. The van der Waals surface area contributed by atoms with Crippen molar-refractivity contribution in [2.24, 2.45) is 0 Å². The van der Waals surface area contributed by atoms with Gasteiger partial charge in [-0.1, -0.05) is 30.3 Å². The minimum Gasteiger partial charge on any atom is -0.489 e. The van der Waals surface area contributed by atoms with E-state index in [1.54, 1.807) is 10.6 Å². The third-order valence-corrected chi connectivity index (χ3v) is 4.28. The van der Waals surface area contributed by atoms with Crippen LogP contribution in [0.3, 0.4) is 0 Å². The van der Waals surface area contributed by atoms with E-state index < -0.39 is 0 Å². The normalized spacial score (nSPS) is 13.3. The predicted octanol–water partition coefficient (Wildman–Crippen LogP) is 2.59. The first-order valence-electron chi connectivity index (χ1n) is 8.38. The Hall–Kier alpha value is -2.92. The summed E-state index contributed by atoms with van der Waals surface area (Å²) in [5.74, 6) is 1.59. The fourth-order valence-electron chi connectivity index (χ4n) is 2.93. The van der Waals surface area contributed by atoms with Crippen molar-refractivity contribution >= 4 is 0 Å². The van der Waals surface area contributed by atoms with Crippen LogP contribution in [0.5, 0.6) is 5.75 Å². The summed E-state index contributed by atoms with van der Waals surface area (Å²) in [5, 5.41) is 3.25. The second-order valence-corrected chi connectivity index (χ2v) is 6.02. The second kappa shape index (κ2) is 6.91. The molecule has 126 valence electrons. The highest BCUT2D eigenvalue weighted by atomic mass is 16.5. The molecule has 1 aromatic heterocycles. The molecule has 0 amide bonds. The second-order valence-electron chi connectivity index (χ2n) is 6.02. The van der Waals surface area contributed by atoms with Crippen LogP contribution in [0.4, 0.5) is 0 Å². The molecule has 0 bridgehead atoms. The number of nitrogens with one attached hydrogen (secondary N) is 1. The molecular weight excluding hydrogens is 314 g/mol. The van der Waals surface area contributed by atoms with E-state index in [9.17, 15) is 4.79 Å². The number of fused-ring (bicyclic) bond motifs is 1. The maximum absolute atomic E-state index is 12.3. The molecule has 0 saturated heterocycles. The van der Waals surface area contributed by atoms with Crippen LogP contribution >= 0.6 is 0 Å². The molecule has 1 N–H and O–H groups in total. The zero-order chi connectivity index (χ0) is 17.1. The third kappa shape index (κ3) is 3.46. The molecule has 1 aliphatic rings. The Morgan fingerprint density at radius 2 is 1.88 bits per heavy atom. The van der Waals surface area contributed by atoms with Crippen molar-refractivity contribution in [3.63, 3.8) is 0 Å². The van der Waals surface area contributed by atoms with Gasteiger partial charge in [-0.25, -0.2) is 4.98 Å². The average Bonchev–Trinajstić information content (AvgIpc) is 2.68. The van der Waals surface area contributed by atoms with E-state index in [1.807, 2.05) is 54.6 Å². The van der Waals surface area contributed by atoms with Gasteiger partial charge in [-0.3, -0.25) is 9.36 Å². The number of hydrogen-bond donors (Lipinski definition) is 1. The quantitative estimate of drug-likeness (QED) is 0.797. The lowest BCUT2D eigenvalue weighted by Gasteiger charge is -2.18. The van der Waals surface area contributed by atoms with Gasteiger partial charge < -0.3 is 10.1 Å². The average molecular weight is 333 g/mol. The van der Waals surface area contributed by atoms with E-state index in [4.69, 9.17) is 4.74 Å². The lowest BCUT2D eigenvalue weighted by molar-refractivity contribution is 0.306. The Morgan fingerprint density at radius 3 is 2.68 bits per heavy atom. The van der Waals surface area contributed by atoms with Gasteiger partial charge in [-0.2, -0.15) is 0 Å². The Balaban J connectivity index is 1.52. The third-order valence-electron chi connectivity index (χ3n) is 4.28. The van der Waals surface area contributed by atoms with Crippen LogP contribution in [-0.2, 0) is 19.7 Å². The molecule has 0 fully saturated rings. The van der Waals surface area contributed by atoms with Gasteiger partial charge in [-0.05, 0) is 29.8 Å². The van der Waals surface area contributed by atoms with Gasteiger partial charge in [0.25, 0.3) is 5.56 Å². The van der Waals surface area contributed by atoms with Crippen molar-refractivity contribution in [1.29, 1.82) is 0 Å². The van der Waals surface area contributed by atoms with Crippen molar-refractivity contribution in [2.45, 2.75) is 19.7 Å². The topological polar surface area (TPSA) is 56.1 Å². The molecule has 25 heavy (non-hydrogen) atoms. The Kier molecular flexibility index (Phi) is 4.31. The zero-order valence-corrected chi connectivity index (χ0v) is 13.8. The van der Waals surface area contributed by atoms with Crippen LogP contribution in [0.2, 0.25) is 0 Å². The van der Waals surface area contributed by atoms with Gasteiger partial charge in [0.15, 0.2) is 0 Å². The van der Waals surface area contributed by atoms with Gasteiger partial charge >= 0.3 is 0 Å². The highest BCUT2D eigenvalue weighted by Gasteiger charge is 2.13. The van der Waals surface area contributed by atoms with Gasteiger partial charge in [0.2, 0.25) is 0 Å². The molecule has 5 heteroatoms. The monoisotopic (exact) mass is 333 g/mol. The molecule has 0 aliphatic carbocycles. The SMILES string of the molecule is O=c1cc(-c2ccc(OCc3ccccc3)cc2)nc2n1CCNC2. The number of aromatic nitrogens is 2. The lowest BCUT2D eigenvalue weighted by atomic mass is 10.1. The van der Waals surface area contributed by atoms with Gasteiger partial charge in [0.1, 0.15) is 18.2 Å². The molecule has 5 nitrogen and oxygen atoms in total. The molecule has 0 spiro atoms. The van der Waals surface area contributed by atoms with E-state index in [0.29, 0.717) is 25.4 Å². The summed E-state index contributed by atoms with van der Waals surface area (Å²) < 4.78 is 7.53. The van der Waals surface area contributed by atoms with E-state index in [0.717, 1.165) is 29.2 Å². The maximum Gasteiger partial charge on any atom is 0.254 e. The minimum absolute atomic E-state index is 0.00547. The highest BCUT2D eigenvalue weighted by molar-refractivity contribution is 5.59. The largest absolute Gasteiger partial charge is 0.489 e. The molecule has 4 rings (SSSR count). The van der Waals surface area contributed by atoms with Crippen LogP contribution < -0.4 is 15.6 Å². The fourth-order valence-corrected chi connectivity index (χ4v) is 2.93. The first-order valence-corrected chi connectivity index (χ1v) is 8.38. The smallest absolute Gasteiger partial charge is 0.254 e. The minimum atomic E-state index is 0.00547. The van der Waals surface area contributed by atoms with Crippen molar-refractivity contribution in [3.05, 3.63) is 82.4 Å². The zero-order valence-electron chi connectivity index (χ0n) is 13.8. The molecule has 2 heterocycles. The molecule has 3 aromatic rings. The first kappa shape index (κ1) is 15.6. The van der Waals surface area contributed by atoms with Gasteiger partial charge in [-0.15, -0.1) is 0 Å². The Morgan fingerprint density at radius 1 is 1.08 bits per heavy atom. The summed E-state index contributed by atoms with van der Waals surface area (Å²) in [4.78, 5) is 16.9. The summed E-state index contributed by atoms with van der Waals surface area (Å²) in [6.45, 7) is 2.64. The molecule has 1 aliphatic heterocycles. The summed E-state index contributed by atoms with van der Waals surface area (Å²) >= 11 is 0. The molecule has 0 radical (unpaired) electrons. The lowest BCUT2D eigenvalue weighted by Crippen LogP contribution is -2.36. The van der Waals surface area contributed by atoms with E-state index in [2.05, 4.69) is 10.3 Å². The van der Waals surface area contributed by atoms with Crippen molar-refractivity contribution in [2.75, 3.05) is 6.54 Å². The maximum atomic E-state index is 12.3. The van der Waals surface area contributed by atoms with Crippen LogP contribution in [0.1, 0.15) is 11.4 Å². The number of hydrogen-bond acceptors (Lipinski definition) is 4. The van der Waals surface area contributed by atoms with Crippen molar-refractivity contribution < 1.29 is 4.74 Å². The van der Waals surface area contributed by atoms with E-state index >= 15 is 0 Å². The van der Waals surface area contributed by atoms with Crippen LogP contribution in [0.15, 0.2) is 65.5 Å². The summed E-state index contributed by atoms with van der Waals surface area (Å²) in [7, 11) is 0. The number of nitrogens with zero attached hydrogens (tertiary/aromatic N) is 2. The van der Waals surface area contributed by atoms with Crippen LogP contribution in [0.25, 0.3) is 11.3 Å². The molecule has 0 unspecified atom stereocenters. The first-order chi connectivity index (χ1) is 12.3. The molecule has 2 aromatic carbocycles. The fraction of sp³-hybridized carbons (Fsp3) is 0.200. The number of rotatable bonds is 4. The standard InChI is InChI=1S/C20H19N3O2/c24-20-12-18(22-19-13-21-10-11-23(19)20)16-6-8-17(9-7-16)25-14-15-4-2-1-3-5-15/h1-9,12,21H,10-11,13-14H2. The molecule has 0 atom stereocenters. The van der Waals surface area contributed by atoms with E-state index in [1.165, 1.54) is 0 Å². The highest BCUT2D eigenvalue weighted by Crippen LogP contribution is 2.21. The van der Waals surface area contributed by atoms with Crippen LogP contribution in [0, 0.1) is 0 Å². The predicted molar refractivity (Wildman–Crippen MR) is 96.4 cm³/mol. The Bertz CT molecular complexity index is 918. The van der Waals surface area contributed by atoms with Gasteiger partial charge in [0, 0.05) is 24.7 Å². The van der Waals surface area contributed by atoms with Crippen LogP contribution in [-0.4, -0.2) is 16.1 Å². The summed E-state index contributed by atoms with van der Waals surface area (Å²) in [6, 6.07) is 19.4. The Labute approximate surface area is 145 Å². The van der Waals surface area contributed by atoms with E-state index in [-0.39, 0.29) is 5.56 Å². The van der Waals surface area contributed by atoms with Crippen molar-refractivity contribution in [1.82, 2.24) is 14.9 Å². The summed E-state index contributed by atoms with van der Waals surface area (Å²) in [5.41, 5.74) is 2.75. The summed E-state index contributed by atoms with van der Waals surface area (Å²) in [6.07, 6.45) is 0.